The lowest BCUT2D eigenvalue weighted by Gasteiger charge is -2.25. The van der Waals surface area contributed by atoms with E-state index < -0.39 is 0 Å². The summed E-state index contributed by atoms with van der Waals surface area (Å²) in [7, 11) is 0. The van der Waals surface area contributed by atoms with Crippen molar-refractivity contribution in [1.82, 2.24) is 14.9 Å². The van der Waals surface area contributed by atoms with Crippen LogP contribution in [0.2, 0.25) is 0 Å². The maximum absolute atomic E-state index is 9.33. The minimum atomic E-state index is 0.00922. The van der Waals surface area contributed by atoms with Crippen molar-refractivity contribution < 1.29 is 5.11 Å². The van der Waals surface area contributed by atoms with Gasteiger partial charge < -0.3 is 15.0 Å². The molecule has 5 heteroatoms. The first-order chi connectivity index (χ1) is 13.6. The van der Waals surface area contributed by atoms with Gasteiger partial charge in [0.15, 0.2) is 0 Å². The largest absolute Gasteiger partial charge is 0.395 e. The third-order valence-corrected chi connectivity index (χ3v) is 5.26. The van der Waals surface area contributed by atoms with Gasteiger partial charge in [-0.05, 0) is 42.2 Å². The molecule has 0 aliphatic carbocycles. The van der Waals surface area contributed by atoms with Crippen LogP contribution < -0.4 is 0 Å². The summed E-state index contributed by atoms with van der Waals surface area (Å²) in [4.78, 5) is 9.89. The zero-order chi connectivity index (χ0) is 19.7. The summed E-state index contributed by atoms with van der Waals surface area (Å²) in [6, 6.07) is 17.0. The van der Waals surface area contributed by atoms with Gasteiger partial charge in [-0.25, -0.2) is 4.98 Å². The van der Waals surface area contributed by atoms with Gasteiger partial charge in [-0.2, -0.15) is 5.26 Å². The van der Waals surface area contributed by atoms with Crippen molar-refractivity contribution in [2.75, 3.05) is 13.2 Å². The first kappa shape index (κ1) is 18.0. The second kappa shape index (κ2) is 7.34. The Bertz CT molecular complexity index is 1090. The quantitative estimate of drug-likeness (QED) is 0.727. The fraction of sp³-hybridized carbons (Fsp3) is 0.217. The van der Waals surface area contributed by atoms with Crippen LogP contribution in [0.25, 0.3) is 28.6 Å². The number of β-amino-alcohol motifs (C(OH)–C–C–N with tert-alkyl or cyclic N) is 1. The van der Waals surface area contributed by atoms with Crippen molar-refractivity contribution >= 4 is 6.08 Å². The second-order valence-electron chi connectivity index (χ2n) is 7.11. The Morgan fingerprint density at radius 2 is 1.79 bits per heavy atom. The van der Waals surface area contributed by atoms with Crippen LogP contribution in [0, 0.1) is 25.2 Å². The average molecular weight is 370 g/mol. The summed E-state index contributed by atoms with van der Waals surface area (Å²) in [5.41, 5.74) is 8.24. The van der Waals surface area contributed by atoms with Gasteiger partial charge in [0.05, 0.1) is 24.5 Å². The number of aryl methyl sites for hydroxylation is 2. The minimum absolute atomic E-state index is 0.00922. The Hall–Kier alpha value is -3.36. The summed E-state index contributed by atoms with van der Waals surface area (Å²) in [5.74, 6) is 0.788. The monoisotopic (exact) mass is 370 g/mol. The molecule has 0 fully saturated rings. The van der Waals surface area contributed by atoms with Crippen molar-refractivity contribution in [3.63, 3.8) is 0 Å². The number of aromatic amines is 1. The molecule has 5 nitrogen and oxygen atoms in total. The van der Waals surface area contributed by atoms with Gasteiger partial charge in [0.2, 0.25) is 0 Å². The molecule has 0 atom stereocenters. The summed E-state index contributed by atoms with van der Waals surface area (Å²) < 4.78 is 0. The maximum atomic E-state index is 9.33. The molecule has 1 aromatic heterocycles. The van der Waals surface area contributed by atoms with Gasteiger partial charge in [-0.1, -0.05) is 42.5 Å². The molecule has 0 saturated heterocycles. The molecule has 2 N–H and O–H groups in total. The molecule has 0 amide bonds. The zero-order valence-corrected chi connectivity index (χ0v) is 16.0. The minimum Gasteiger partial charge on any atom is -0.395 e. The Morgan fingerprint density at radius 3 is 2.46 bits per heavy atom. The molecular formula is C23H22N4O. The number of H-pyrrole nitrogens is 1. The van der Waals surface area contributed by atoms with E-state index in [1.807, 2.05) is 4.90 Å². The molecule has 0 saturated carbocycles. The van der Waals surface area contributed by atoms with E-state index in [-0.39, 0.29) is 6.61 Å². The van der Waals surface area contributed by atoms with Crippen LogP contribution >= 0.6 is 0 Å². The number of nitriles is 1. The number of allylic oxidation sites excluding steroid dienone is 1. The van der Waals surface area contributed by atoms with E-state index in [1.54, 1.807) is 6.08 Å². The molecule has 1 aliphatic heterocycles. The van der Waals surface area contributed by atoms with Gasteiger partial charge in [0, 0.05) is 12.1 Å². The highest BCUT2D eigenvalue weighted by Gasteiger charge is 2.21. The normalized spacial score (nSPS) is 13.1. The predicted molar refractivity (Wildman–Crippen MR) is 110 cm³/mol. The third-order valence-electron chi connectivity index (χ3n) is 5.26. The third kappa shape index (κ3) is 3.30. The number of nitrogens with zero attached hydrogens (tertiary/aromatic N) is 3. The smallest absolute Gasteiger partial charge is 0.138 e. The van der Waals surface area contributed by atoms with Gasteiger partial charge in [-0.15, -0.1) is 0 Å². The van der Waals surface area contributed by atoms with Crippen LogP contribution in [0.4, 0.5) is 0 Å². The van der Waals surface area contributed by atoms with Crippen LogP contribution in [-0.2, 0) is 6.54 Å². The number of fused-ring (bicyclic) bond motifs is 1. The molecule has 2 aromatic carbocycles. The van der Waals surface area contributed by atoms with E-state index in [2.05, 4.69) is 72.3 Å². The van der Waals surface area contributed by atoms with Crippen molar-refractivity contribution in [3.8, 4) is 28.6 Å². The Morgan fingerprint density at radius 1 is 1.07 bits per heavy atom. The summed E-state index contributed by atoms with van der Waals surface area (Å²) in [5, 5.41) is 18.5. The fourth-order valence-electron chi connectivity index (χ4n) is 3.46. The second-order valence-corrected chi connectivity index (χ2v) is 7.11. The van der Waals surface area contributed by atoms with Crippen LogP contribution in [-0.4, -0.2) is 33.1 Å². The number of nitrogens with one attached hydrogen (secondary N) is 1. The van der Waals surface area contributed by atoms with E-state index in [4.69, 9.17) is 0 Å². The highest BCUT2D eigenvalue weighted by molar-refractivity contribution is 5.70. The van der Waals surface area contributed by atoms with E-state index >= 15 is 0 Å². The van der Waals surface area contributed by atoms with Crippen molar-refractivity contribution in [2.24, 2.45) is 0 Å². The van der Waals surface area contributed by atoms with E-state index in [9.17, 15) is 10.4 Å². The van der Waals surface area contributed by atoms with Crippen molar-refractivity contribution in [1.29, 1.82) is 5.26 Å². The highest BCUT2D eigenvalue weighted by Crippen LogP contribution is 2.28. The SMILES string of the molecule is Cc1ccc(-c2ccc(-c3nc4c([nH]3)CN(CCO)C(C#N)=C4)cc2)cc1C. The predicted octanol–water partition coefficient (Wildman–Crippen LogP) is 4.03. The molecular weight excluding hydrogens is 348 g/mol. The van der Waals surface area contributed by atoms with Crippen LogP contribution in [0.3, 0.4) is 0 Å². The standard InChI is InChI=1S/C23H22N4O/c1-15-3-4-19(11-16(15)2)17-5-7-18(8-6-17)23-25-21-12-20(13-24)27(9-10-28)14-22(21)26-23/h3-8,11-12,28H,9-10,14H2,1-2H3,(H,25,26). The number of aromatic nitrogens is 2. The number of imidazole rings is 1. The van der Waals surface area contributed by atoms with E-state index in [0.29, 0.717) is 18.8 Å². The lowest BCUT2D eigenvalue weighted by molar-refractivity contribution is 0.225. The number of rotatable bonds is 4. The molecule has 0 spiro atoms. The molecule has 0 bridgehead atoms. The first-order valence-electron chi connectivity index (χ1n) is 9.33. The number of aliphatic hydroxyl groups excluding tert-OH is 1. The van der Waals surface area contributed by atoms with Crippen molar-refractivity contribution in [3.05, 3.63) is 70.7 Å². The topological polar surface area (TPSA) is 75.9 Å². The Kier molecular flexibility index (Phi) is 4.72. The number of aliphatic hydroxyl groups is 1. The van der Waals surface area contributed by atoms with Gasteiger partial charge in [0.25, 0.3) is 0 Å². The number of hydrogen-bond acceptors (Lipinski definition) is 4. The lowest BCUT2D eigenvalue weighted by atomic mass is 9.99. The van der Waals surface area contributed by atoms with Gasteiger partial charge in [0.1, 0.15) is 17.6 Å². The molecule has 0 radical (unpaired) electrons. The van der Waals surface area contributed by atoms with E-state index in [1.165, 1.54) is 22.3 Å². The zero-order valence-electron chi connectivity index (χ0n) is 16.0. The summed E-state index contributed by atoms with van der Waals surface area (Å²) in [6.45, 7) is 5.23. The summed E-state index contributed by atoms with van der Waals surface area (Å²) in [6.07, 6.45) is 1.78. The molecule has 1 aliphatic rings. The van der Waals surface area contributed by atoms with Gasteiger partial charge >= 0.3 is 0 Å². The number of hydrogen-bond donors (Lipinski definition) is 2. The first-order valence-corrected chi connectivity index (χ1v) is 9.33. The highest BCUT2D eigenvalue weighted by atomic mass is 16.3. The number of benzene rings is 2. The molecule has 4 rings (SSSR count). The van der Waals surface area contributed by atoms with Crippen LogP contribution in [0.15, 0.2) is 48.2 Å². The lowest BCUT2D eigenvalue weighted by Crippen LogP contribution is -2.28. The Labute approximate surface area is 164 Å². The van der Waals surface area contributed by atoms with E-state index in [0.717, 1.165) is 22.8 Å². The van der Waals surface area contributed by atoms with Gasteiger partial charge in [-0.3, -0.25) is 0 Å². The van der Waals surface area contributed by atoms with Crippen LogP contribution in [0.1, 0.15) is 22.5 Å². The Balaban J connectivity index is 1.62. The molecule has 0 unspecified atom stereocenters. The maximum Gasteiger partial charge on any atom is 0.138 e. The van der Waals surface area contributed by atoms with Crippen LogP contribution in [0.5, 0.6) is 0 Å². The fourth-order valence-corrected chi connectivity index (χ4v) is 3.46. The molecule has 28 heavy (non-hydrogen) atoms. The summed E-state index contributed by atoms with van der Waals surface area (Å²) >= 11 is 0. The molecule has 3 aromatic rings. The molecule has 2 heterocycles. The average Bonchev–Trinajstić information content (AvgIpc) is 3.12. The molecule has 140 valence electrons. The van der Waals surface area contributed by atoms with Crippen molar-refractivity contribution in [2.45, 2.75) is 20.4 Å².